The Hall–Kier alpha value is -2.92. The number of nitriles is 1. The number of alkyl halides is 3. The Morgan fingerprint density at radius 1 is 1.15 bits per heavy atom. The first-order valence-corrected chi connectivity index (χ1v) is 8.79. The molecule has 0 aromatic heterocycles. The van der Waals surface area contributed by atoms with Gasteiger partial charge in [0.2, 0.25) is 5.66 Å². The van der Waals surface area contributed by atoms with Gasteiger partial charge in [-0.25, -0.2) is 0 Å². The molecular formula is C19H12F3N3OS. The van der Waals surface area contributed by atoms with Gasteiger partial charge < -0.3 is 5.32 Å². The van der Waals surface area contributed by atoms with Gasteiger partial charge in [-0.3, -0.25) is 9.69 Å². The number of thioether (sulfide) groups is 1. The average Bonchev–Trinajstić information content (AvgIpc) is 3.00. The topological polar surface area (TPSA) is 56.1 Å². The van der Waals surface area contributed by atoms with Gasteiger partial charge >= 0.3 is 6.18 Å². The molecular weight excluding hydrogens is 375 g/mol. The van der Waals surface area contributed by atoms with Crippen LogP contribution in [0.2, 0.25) is 0 Å². The third-order valence-electron chi connectivity index (χ3n) is 4.58. The Labute approximate surface area is 157 Å². The smallest absolute Gasteiger partial charge is 0.317 e. The Balaban J connectivity index is 2.08. The fourth-order valence-corrected chi connectivity index (χ4v) is 4.50. The summed E-state index contributed by atoms with van der Waals surface area (Å²) in [6.07, 6.45) is -4.85. The number of nitrogens with zero attached hydrogens (tertiary/aromatic N) is 2. The fourth-order valence-electron chi connectivity index (χ4n) is 3.32. The van der Waals surface area contributed by atoms with Crippen molar-refractivity contribution in [3.63, 3.8) is 0 Å². The highest BCUT2D eigenvalue weighted by molar-refractivity contribution is 8.03. The molecule has 2 aliphatic heterocycles. The van der Waals surface area contributed by atoms with Gasteiger partial charge in [0.1, 0.15) is 16.7 Å². The Morgan fingerprint density at radius 3 is 2.44 bits per heavy atom. The number of rotatable bonds is 1. The summed E-state index contributed by atoms with van der Waals surface area (Å²) in [5.74, 6) is -1.04. The lowest BCUT2D eigenvalue weighted by molar-refractivity contribution is -0.201. The predicted octanol–water partition coefficient (Wildman–Crippen LogP) is 4.19. The van der Waals surface area contributed by atoms with E-state index in [2.05, 4.69) is 5.32 Å². The van der Waals surface area contributed by atoms with Crippen molar-refractivity contribution < 1.29 is 18.0 Å². The lowest BCUT2D eigenvalue weighted by Gasteiger charge is -2.47. The molecule has 1 N–H and O–H groups in total. The molecule has 2 aromatic rings. The number of aryl methyl sites for hydroxylation is 1. The first-order chi connectivity index (χ1) is 12.8. The maximum atomic E-state index is 14.5. The van der Waals surface area contributed by atoms with E-state index in [9.17, 15) is 23.2 Å². The zero-order valence-electron chi connectivity index (χ0n) is 14.0. The van der Waals surface area contributed by atoms with Crippen LogP contribution in [0.3, 0.4) is 0 Å². The molecule has 0 saturated carbocycles. The lowest BCUT2D eigenvalue weighted by atomic mass is 9.92. The lowest BCUT2D eigenvalue weighted by Crippen LogP contribution is -2.68. The van der Waals surface area contributed by atoms with E-state index >= 15 is 0 Å². The van der Waals surface area contributed by atoms with Gasteiger partial charge in [-0.15, -0.1) is 0 Å². The normalized spacial score (nSPS) is 21.4. The standard InChI is InChI=1S/C19H12F3N3OS/c1-11-6-8-12(9-7-11)18(19(20,21)22)24-16(26)13(10-23)17-25(18)14-4-2-3-5-15(14)27-17/h2-9H,1H3,(H,24,26). The van der Waals surface area contributed by atoms with Gasteiger partial charge in [0.15, 0.2) is 0 Å². The largest absolute Gasteiger partial charge is 0.435 e. The van der Waals surface area contributed by atoms with Crippen LogP contribution in [0.15, 0.2) is 64.0 Å². The third kappa shape index (κ3) is 2.35. The molecule has 0 saturated heterocycles. The van der Waals surface area contributed by atoms with E-state index in [1.807, 2.05) is 0 Å². The highest BCUT2D eigenvalue weighted by Gasteiger charge is 2.66. The van der Waals surface area contributed by atoms with Crippen LogP contribution in [0, 0.1) is 18.3 Å². The number of halogens is 3. The minimum Gasteiger partial charge on any atom is -0.317 e. The summed E-state index contributed by atoms with van der Waals surface area (Å²) >= 11 is 0.995. The molecule has 0 fully saturated rings. The van der Waals surface area contributed by atoms with Crippen molar-refractivity contribution in [3.05, 3.63) is 70.3 Å². The van der Waals surface area contributed by atoms with Crippen molar-refractivity contribution in [1.82, 2.24) is 5.32 Å². The number of para-hydroxylation sites is 1. The molecule has 0 radical (unpaired) electrons. The molecule has 27 heavy (non-hydrogen) atoms. The van der Waals surface area contributed by atoms with Crippen LogP contribution < -0.4 is 10.2 Å². The number of amides is 1. The van der Waals surface area contributed by atoms with Gasteiger partial charge in [0, 0.05) is 10.5 Å². The van der Waals surface area contributed by atoms with Crippen molar-refractivity contribution in [2.24, 2.45) is 0 Å². The van der Waals surface area contributed by atoms with Crippen LogP contribution in [0.4, 0.5) is 18.9 Å². The molecule has 8 heteroatoms. The second kappa shape index (κ2) is 5.79. The van der Waals surface area contributed by atoms with Gasteiger partial charge in [0.25, 0.3) is 5.91 Å². The fraction of sp³-hybridized carbons (Fsp3) is 0.158. The Bertz CT molecular complexity index is 1020. The molecule has 1 atom stereocenters. The number of benzene rings is 2. The van der Waals surface area contributed by atoms with Crippen molar-refractivity contribution in [2.45, 2.75) is 23.7 Å². The summed E-state index contributed by atoms with van der Waals surface area (Å²) in [5, 5.41) is 11.5. The summed E-state index contributed by atoms with van der Waals surface area (Å²) in [4.78, 5) is 14.1. The summed E-state index contributed by atoms with van der Waals surface area (Å²) in [5.41, 5.74) is -2.16. The van der Waals surface area contributed by atoms with Gasteiger partial charge in [-0.05, 0) is 19.1 Å². The van der Waals surface area contributed by atoms with E-state index in [1.165, 1.54) is 12.1 Å². The summed E-state index contributed by atoms with van der Waals surface area (Å²) in [6, 6.07) is 14.1. The second-order valence-electron chi connectivity index (χ2n) is 6.23. The van der Waals surface area contributed by atoms with E-state index in [1.54, 1.807) is 49.4 Å². The van der Waals surface area contributed by atoms with Crippen LogP contribution in [-0.4, -0.2) is 12.1 Å². The number of carbonyl (C=O) groups is 1. The summed E-state index contributed by atoms with van der Waals surface area (Å²) in [6.45, 7) is 1.77. The van der Waals surface area contributed by atoms with E-state index in [0.717, 1.165) is 22.2 Å². The average molecular weight is 387 g/mol. The first-order valence-electron chi connectivity index (χ1n) is 7.97. The van der Waals surface area contributed by atoms with Crippen molar-refractivity contribution in [2.75, 3.05) is 4.90 Å². The molecule has 1 amide bonds. The number of fused-ring (bicyclic) bond motifs is 3. The number of hydrogen-bond donors (Lipinski definition) is 1. The van der Waals surface area contributed by atoms with E-state index in [-0.39, 0.29) is 16.2 Å². The number of nitrogens with one attached hydrogen (secondary N) is 1. The molecule has 2 heterocycles. The zero-order chi connectivity index (χ0) is 19.4. The number of hydrogen-bond acceptors (Lipinski definition) is 4. The molecule has 136 valence electrons. The Kier molecular flexibility index (Phi) is 3.75. The maximum absolute atomic E-state index is 14.5. The van der Waals surface area contributed by atoms with Crippen molar-refractivity contribution in [1.29, 1.82) is 5.26 Å². The molecule has 0 spiro atoms. The minimum absolute atomic E-state index is 0.0136. The molecule has 1 unspecified atom stereocenters. The number of carbonyl (C=O) groups excluding carboxylic acids is 1. The van der Waals surface area contributed by atoms with Gasteiger partial charge in [0.05, 0.1) is 5.69 Å². The quantitative estimate of drug-likeness (QED) is 0.797. The summed E-state index contributed by atoms with van der Waals surface area (Å²) in [7, 11) is 0. The molecule has 4 rings (SSSR count). The highest BCUT2D eigenvalue weighted by Crippen LogP contribution is 2.57. The van der Waals surface area contributed by atoms with Crippen LogP contribution in [0.5, 0.6) is 0 Å². The van der Waals surface area contributed by atoms with E-state index < -0.39 is 17.7 Å². The monoisotopic (exact) mass is 387 g/mol. The van der Waals surface area contributed by atoms with Gasteiger partial charge in [-0.1, -0.05) is 53.7 Å². The first kappa shape index (κ1) is 17.5. The van der Waals surface area contributed by atoms with Crippen molar-refractivity contribution >= 4 is 23.4 Å². The van der Waals surface area contributed by atoms with Crippen LogP contribution >= 0.6 is 11.8 Å². The van der Waals surface area contributed by atoms with Crippen LogP contribution in [0.25, 0.3) is 0 Å². The minimum atomic E-state index is -4.85. The van der Waals surface area contributed by atoms with E-state index in [0.29, 0.717) is 10.6 Å². The third-order valence-corrected chi connectivity index (χ3v) is 5.72. The SMILES string of the molecule is Cc1ccc(C2(C(F)(F)F)NC(=O)C(C#N)=C3Sc4ccccc4N32)cc1. The van der Waals surface area contributed by atoms with E-state index in [4.69, 9.17) is 0 Å². The number of anilines is 1. The maximum Gasteiger partial charge on any atom is 0.435 e. The van der Waals surface area contributed by atoms with Crippen LogP contribution in [-0.2, 0) is 10.5 Å². The van der Waals surface area contributed by atoms with Crippen LogP contribution in [0.1, 0.15) is 11.1 Å². The molecule has 4 nitrogen and oxygen atoms in total. The zero-order valence-corrected chi connectivity index (χ0v) is 14.8. The van der Waals surface area contributed by atoms with Crippen molar-refractivity contribution in [3.8, 4) is 6.07 Å². The summed E-state index contributed by atoms with van der Waals surface area (Å²) < 4.78 is 43.6. The highest BCUT2D eigenvalue weighted by atomic mass is 32.2. The molecule has 0 aliphatic carbocycles. The molecule has 2 aromatic carbocycles. The van der Waals surface area contributed by atoms with Gasteiger partial charge in [-0.2, -0.15) is 18.4 Å². The second-order valence-corrected chi connectivity index (χ2v) is 7.26. The predicted molar refractivity (Wildman–Crippen MR) is 94.5 cm³/mol. The molecule has 2 aliphatic rings. The molecule has 0 bridgehead atoms. The Morgan fingerprint density at radius 2 is 1.81 bits per heavy atom.